The molecule has 0 aliphatic heterocycles. The highest BCUT2D eigenvalue weighted by Gasteiger charge is 2.40. The number of hydrogen-bond donors (Lipinski definition) is 1. The molecule has 0 atom stereocenters. The zero-order valence-corrected chi connectivity index (χ0v) is 31.5. The maximum atomic E-state index is 6.54. The first-order valence-electron chi connectivity index (χ1n) is 19.4. The van der Waals surface area contributed by atoms with Gasteiger partial charge in [0.1, 0.15) is 0 Å². The molecule has 0 bridgehead atoms. The molecular weight excluding hydrogens is 547 g/mol. The molecule has 0 saturated carbocycles. The first-order chi connectivity index (χ1) is 20.8. The van der Waals surface area contributed by atoms with Crippen molar-refractivity contribution in [3.63, 3.8) is 0 Å². The fraction of sp³-hybridized carbons (Fsp3) is 1.00. The van der Waals surface area contributed by atoms with E-state index in [1.165, 1.54) is 135 Å². The summed E-state index contributed by atoms with van der Waals surface area (Å²) < 4.78 is 19.6. The molecular formula is C38H81NO3Si. The third-order valence-corrected chi connectivity index (χ3v) is 11.5. The zero-order valence-electron chi connectivity index (χ0n) is 30.5. The van der Waals surface area contributed by atoms with E-state index in [0.717, 1.165) is 62.9 Å². The van der Waals surface area contributed by atoms with Crippen LogP contribution in [-0.2, 0) is 13.3 Å². The van der Waals surface area contributed by atoms with Crippen molar-refractivity contribution >= 4 is 8.80 Å². The Morgan fingerprint density at radius 3 is 0.837 bits per heavy atom. The summed E-state index contributed by atoms with van der Waals surface area (Å²) >= 11 is 0. The maximum absolute atomic E-state index is 6.54. The monoisotopic (exact) mass is 628 g/mol. The van der Waals surface area contributed by atoms with Crippen molar-refractivity contribution in [2.45, 2.75) is 202 Å². The Morgan fingerprint density at radius 1 is 0.372 bits per heavy atom. The molecule has 43 heavy (non-hydrogen) atoms. The Hall–Kier alpha value is 0.0569. The van der Waals surface area contributed by atoms with Crippen LogP contribution in [0.2, 0.25) is 6.04 Å². The normalized spacial score (nSPS) is 12.4. The van der Waals surface area contributed by atoms with Crippen molar-refractivity contribution in [1.82, 2.24) is 0 Å². The molecule has 0 aliphatic rings. The summed E-state index contributed by atoms with van der Waals surface area (Å²) in [5, 5.41) is 0. The Bertz CT molecular complexity index is 474. The first-order valence-corrected chi connectivity index (χ1v) is 21.4. The van der Waals surface area contributed by atoms with Crippen molar-refractivity contribution in [2.75, 3.05) is 26.4 Å². The van der Waals surface area contributed by atoms with Gasteiger partial charge in [0.15, 0.2) is 0 Å². The summed E-state index contributed by atoms with van der Waals surface area (Å²) in [6, 6.07) is 0.745. The Labute approximate surface area is 273 Å². The Kier molecular flexibility index (Phi) is 32.1. The topological polar surface area (TPSA) is 53.7 Å². The van der Waals surface area contributed by atoms with Gasteiger partial charge in [0.2, 0.25) is 0 Å². The van der Waals surface area contributed by atoms with Gasteiger partial charge in [0, 0.05) is 25.9 Å². The second-order valence-corrected chi connectivity index (χ2v) is 17.5. The van der Waals surface area contributed by atoms with Crippen molar-refractivity contribution in [1.29, 1.82) is 0 Å². The molecule has 0 spiro atoms. The predicted molar refractivity (Wildman–Crippen MR) is 193 cm³/mol. The van der Waals surface area contributed by atoms with Crippen LogP contribution in [0.5, 0.6) is 0 Å². The number of rotatable bonds is 35. The molecule has 0 aromatic heterocycles. The SMILES string of the molecule is CC(C)CCCCCCCCCO[Si](CCN)(OCCCCCCCCCC(C)C)OCCCCCCCCCC(C)C. The zero-order chi connectivity index (χ0) is 31.9. The van der Waals surface area contributed by atoms with Crippen molar-refractivity contribution in [3.05, 3.63) is 0 Å². The molecule has 0 saturated heterocycles. The van der Waals surface area contributed by atoms with E-state index in [-0.39, 0.29) is 0 Å². The van der Waals surface area contributed by atoms with Gasteiger partial charge in [-0.25, -0.2) is 0 Å². The second-order valence-electron chi connectivity index (χ2n) is 14.7. The molecule has 0 rings (SSSR count). The van der Waals surface area contributed by atoms with Crippen LogP contribution in [0.3, 0.4) is 0 Å². The van der Waals surface area contributed by atoms with Gasteiger partial charge in [-0.05, 0) is 43.6 Å². The van der Waals surface area contributed by atoms with Crippen LogP contribution >= 0.6 is 0 Å². The third kappa shape index (κ3) is 31.8. The minimum atomic E-state index is -2.71. The summed E-state index contributed by atoms with van der Waals surface area (Å²) in [5.74, 6) is 2.52. The van der Waals surface area contributed by atoms with Crippen molar-refractivity contribution in [3.8, 4) is 0 Å². The van der Waals surface area contributed by atoms with E-state index in [1.807, 2.05) is 0 Å². The van der Waals surface area contributed by atoms with Crippen molar-refractivity contribution in [2.24, 2.45) is 23.5 Å². The van der Waals surface area contributed by atoms with E-state index >= 15 is 0 Å². The lowest BCUT2D eigenvalue weighted by Crippen LogP contribution is -2.48. The molecule has 0 unspecified atom stereocenters. The molecule has 5 heteroatoms. The van der Waals surface area contributed by atoms with Crippen LogP contribution in [-0.4, -0.2) is 35.2 Å². The molecule has 0 heterocycles. The van der Waals surface area contributed by atoms with Gasteiger partial charge in [-0.1, -0.05) is 176 Å². The maximum Gasteiger partial charge on any atom is 0.502 e. The van der Waals surface area contributed by atoms with Crippen LogP contribution in [0, 0.1) is 17.8 Å². The average Bonchev–Trinajstić information content (AvgIpc) is 2.95. The van der Waals surface area contributed by atoms with Crippen LogP contribution in [0.1, 0.15) is 196 Å². The molecule has 0 radical (unpaired) electrons. The highest BCUT2D eigenvalue weighted by atomic mass is 28.4. The van der Waals surface area contributed by atoms with Gasteiger partial charge >= 0.3 is 8.80 Å². The van der Waals surface area contributed by atoms with E-state index in [9.17, 15) is 0 Å². The minimum absolute atomic E-state index is 0.579. The first kappa shape index (κ1) is 43.1. The highest BCUT2D eigenvalue weighted by molar-refractivity contribution is 6.60. The number of nitrogens with two attached hydrogens (primary N) is 1. The molecule has 0 aliphatic carbocycles. The van der Waals surface area contributed by atoms with E-state index < -0.39 is 8.80 Å². The average molecular weight is 628 g/mol. The molecule has 0 aromatic rings. The summed E-state index contributed by atoms with van der Waals surface area (Å²) in [7, 11) is -2.71. The molecule has 0 aromatic carbocycles. The van der Waals surface area contributed by atoms with E-state index in [4.69, 9.17) is 19.0 Å². The van der Waals surface area contributed by atoms with Crippen molar-refractivity contribution < 1.29 is 13.3 Å². The quantitative estimate of drug-likeness (QED) is 0.0561. The molecule has 260 valence electrons. The van der Waals surface area contributed by atoms with E-state index in [1.54, 1.807) is 0 Å². The molecule has 4 nitrogen and oxygen atoms in total. The molecule has 0 fully saturated rings. The van der Waals surface area contributed by atoms with Gasteiger partial charge in [-0.3, -0.25) is 0 Å². The van der Waals surface area contributed by atoms with Crippen LogP contribution in [0.4, 0.5) is 0 Å². The standard InChI is InChI=1S/C38H81NO3Si/c1-36(2)28-22-16-10-7-13-19-25-32-40-43(35-31-39,41-33-26-20-14-8-11-17-23-29-37(3)4)42-34-27-21-15-9-12-18-24-30-38(5)6/h36-38H,7-35,39H2,1-6H3. The number of hydrogen-bond acceptors (Lipinski definition) is 4. The van der Waals surface area contributed by atoms with Gasteiger partial charge in [0.05, 0.1) is 0 Å². The smallest absolute Gasteiger partial charge is 0.373 e. The fourth-order valence-corrected chi connectivity index (χ4v) is 8.22. The highest BCUT2D eigenvalue weighted by Crippen LogP contribution is 2.20. The van der Waals surface area contributed by atoms with Gasteiger partial charge in [0.25, 0.3) is 0 Å². The second kappa shape index (κ2) is 32.0. The van der Waals surface area contributed by atoms with Gasteiger partial charge in [-0.15, -0.1) is 0 Å². The summed E-state index contributed by atoms with van der Waals surface area (Å²) in [4.78, 5) is 0. The van der Waals surface area contributed by atoms with Crippen LogP contribution in [0.25, 0.3) is 0 Å². The summed E-state index contributed by atoms with van der Waals surface area (Å²) in [6.07, 6.45) is 31.6. The van der Waals surface area contributed by atoms with E-state index in [0.29, 0.717) is 6.54 Å². The van der Waals surface area contributed by atoms with E-state index in [2.05, 4.69) is 41.5 Å². The molecule has 0 amide bonds. The lowest BCUT2D eigenvalue weighted by atomic mass is 10.0. The lowest BCUT2D eigenvalue weighted by molar-refractivity contribution is 0.0558. The Balaban J connectivity index is 4.39. The van der Waals surface area contributed by atoms with Gasteiger partial charge < -0.3 is 19.0 Å². The predicted octanol–water partition coefficient (Wildman–Crippen LogP) is 12.3. The minimum Gasteiger partial charge on any atom is -0.373 e. The van der Waals surface area contributed by atoms with Crippen LogP contribution < -0.4 is 5.73 Å². The number of unbranched alkanes of at least 4 members (excludes halogenated alkanes) is 18. The lowest BCUT2D eigenvalue weighted by Gasteiger charge is -2.29. The third-order valence-electron chi connectivity index (χ3n) is 8.69. The molecule has 2 N–H and O–H groups in total. The Morgan fingerprint density at radius 2 is 0.605 bits per heavy atom. The summed E-state index contributed by atoms with van der Waals surface area (Å²) in [5.41, 5.74) is 6.09. The largest absolute Gasteiger partial charge is 0.502 e. The fourth-order valence-electron chi connectivity index (χ4n) is 5.82. The van der Waals surface area contributed by atoms with Crippen LogP contribution in [0.15, 0.2) is 0 Å². The van der Waals surface area contributed by atoms with Gasteiger partial charge in [-0.2, -0.15) is 0 Å². The summed E-state index contributed by atoms with van der Waals surface area (Å²) in [6.45, 7) is 16.8.